The van der Waals surface area contributed by atoms with E-state index in [1.54, 1.807) is 19.1 Å². The number of rotatable bonds is 2. The van der Waals surface area contributed by atoms with Crippen LogP contribution in [0.5, 0.6) is 0 Å². The van der Waals surface area contributed by atoms with E-state index in [1.165, 1.54) is 0 Å². The smallest absolute Gasteiger partial charge is 0.192 e. The summed E-state index contributed by atoms with van der Waals surface area (Å²) in [5.41, 5.74) is 1.80. The lowest BCUT2D eigenvalue weighted by atomic mass is 10.2. The van der Waals surface area contributed by atoms with Crippen molar-refractivity contribution in [2.45, 2.75) is 18.7 Å². The molecule has 1 aromatic carbocycles. The SMILES string of the molecule is Cc1ccc(S(=O)(=O)CCl)c(C)c1. The first-order valence-electron chi connectivity index (χ1n) is 3.83. The molecule has 0 fully saturated rings. The molecule has 0 N–H and O–H groups in total. The highest BCUT2D eigenvalue weighted by Crippen LogP contribution is 2.18. The van der Waals surface area contributed by atoms with Crippen molar-refractivity contribution in [2.75, 3.05) is 5.21 Å². The van der Waals surface area contributed by atoms with Crippen LogP contribution < -0.4 is 0 Å². The third-order valence-corrected chi connectivity index (χ3v) is 4.09. The van der Waals surface area contributed by atoms with E-state index in [4.69, 9.17) is 11.6 Å². The summed E-state index contributed by atoms with van der Waals surface area (Å²) in [7, 11) is -3.28. The summed E-state index contributed by atoms with van der Waals surface area (Å²) >= 11 is 5.35. The number of alkyl halides is 1. The van der Waals surface area contributed by atoms with Crippen molar-refractivity contribution in [2.24, 2.45) is 0 Å². The van der Waals surface area contributed by atoms with Gasteiger partial charge in [0, 0.05) is 0 Å². The summed E-state index contributed by atoms with van der Waals surface area (Å²) in [5.74, 6) is 0. The fourth-order valence-corrected chi connectivity index (χ4v) is 2.50. The van der Waals surface area contributed by atoms with Gasteiger partial charge in [-0.2, -0.15) is 0 Å². The Bertz CT molecular complexity index is 410. The van der Waals surface area contributed by atoms with Crippen molar-refractivity contribution in [3.63, 3.8) is 0 Å². The predicted octanol–water partition coefficient (Wildman–Crippen LogP) is 2.27. The average molecular weight is 219 g/mol. The zero-order valence-electron chi connectivity index (χ0n) is 7.54. The molecule has 0 spiro atoms. The van der Waals surface area contributed by atoms with Crippen LogP contribution >= 0.6 is 11.6 Å². The van der Waals surface area contributed by atoms with Crippen LogP contribution in [-0.4, -0.2) is 13.6 Å². The summed E-state index contributed by atoms with van der Waals surface area (Å²) < 4.78 is 22.8. The van der Waals surface area contributed by atoms with Crippen LogP contribution in [0.4, 0.5) is 0 Å². The summed E-state index contributed by atoms with van der Waals surface area (Å²) in [6, 6.07) is 5.20. The lowest BCUT2D eigenvalue weighted by molar-refractivity contribution is 0.600. The molecule has 0 heterocycles. The van der Waals surface area contributed by atoms with Gasteiger partial charge >= 0.3 is 0 Å². The molecule has 0 radical (unpaired) electrons. The van der Waals surface area contributed by atoms with E-state index in [9.17, 15) is 8.42 Å². The Morgan fingerprint density at radius 2 is 1.92 bits per heavy atom. The molecule has 0 aromatic heterocycles. The number of hydrogen-bond acceptors (Lipinski definition) is 2. The van der Waals surface area contributed by atoms with Gasteiger partial charge < -0.3 is 0 Å². The molecular weight excluding hydrogens is 208 g/mol. The van der Waals surface area contributed by atoms with Crippen molar-refractivity contribution < 1.29 is 8.42 Å². The Morgan fingerprint density at radius 1 is 1.31 bits per heavy atom. The van der Waals surface area contributed by atoms with E-state index in [-0.39, 0.29) is 5.21 Å². The van der Waals surface area contributed by atoms with Crippen LogP contribution in [0.1, 0.15) is 11.1 Å². The van der Waals surface area contributed by atoms with E-state index < -0.39 is 9.84 Å². The molecule has 4 heteroatoms. The van der Waals surface area contributed by atoms with E-state index in [0.29, 0.717) is 4.90 Å². The van der Waals surface area contributed by atoms with Gasteiger partial charge in [0.1, 0.15) is 5.21 Å². The van der Waals surface area contributed by atoms with Gasteiger partial charge in [0.15, 0.2) is 9.84 Å². The zero-order valence-corrected chi connectivity index (χ0v) is 9.11. The Balaban J connectivity index is 3.33. The lowest BCUT2D eigenvalue weighted by Crippen LogP contribution is -2.04. The van der Waals surface area contributed by atoms with Crippen LogP contribution in [-0.2, 0) is 9.84 Å². The maximum atomic E-state index is 11.4. The van der Waals surface area contributed by atoms with Crippen LogP contribution in [0.2, 0.25) is 0 Å². The quantitative estimate of drug-likeness (QED) is 0.714. The second kappa shape index (κ2) is 3.68. The molecule has 13 heavy (non-hydrogen) atoms. The molecule has 1 rings (SSSR count). The molecule has 0 saturated heterocycles. The molecular formula is C9H11ClO2S. The number of hydrogen-bond donors (Lipinski definition) is 0. The molecule has 2 nitrogen and oxygen atoms in total. The molecule has 0 atom stereocenters. The molecule has 0 bridgehead atoms. The van der Waals surface area contributed by atoms with Gasteiger partial charge in [-0.15, -0.1) is 11.6 Å². The fourth-order valence-electron chi connectivity index (χ4n) is 1.21. The molecule has 0 aliphatic carbocycles. The molecule has 0 saturated carbocycles. The topological polar surface area (TPSA) is 34.1 Å². The van der Waals surface area contributed by atoms with E-state index in [2.05, 4.69) is 0 Å². The Hall–Kier alpha value is -0.540. The standard InChI is InChI=1S/C9H11ClO2S/c1-7-3-4-9(8(2)5-7)13(11,12)6-10/h3-5H,6H2,1-2H3. The van der Waals surface area contributed by atoms with Gasteiger partial charge in [-0.3, -0.25) is 0 Å². The van der Waals surface area contributed by atoms with Gasteiger partial charge in [-0.05, 0) is 25.5 Å². The Labute approximate surface area is 83.5 Å². The van der Waals surface area contributed by atoms with Crippen LogP contribution in [0.25, 0.3) is 0 Å². The van der Waals surface area contributed by atoms with Crippen molar-refractivity contribution in [1.29, 1.82) is 0 Å². The number of aryl methyl sites for hydroxylation is 2. The van der Waals surface area contributed by atoms with Gasteiger partial charge in [0.25, 0.3) is 0 Å². The van der Waals surface area contributed by atoms with E-state index >= 15 is 0 Å². The first kappa shape index (κ1) is 10.5. The maximum absolute atomic E-state index is 11.4. The highest BCUT2D eigenvalue weighted by atomic mass is 35.5. The Kier molecular flexibility index (Phi) is 2.98. The second-order valence-corrected chi connectivity index (χ2v) is 5.54. The van der Waals surface area contributed by atoms with E-state index in [1.807, 2.05) is 13.0 Å². The minimum absolute atomic E-state index is 0.327. The van der Waals surface area contributed by atoms with Gasteiger partial charge in [-0.25, -0.2) is 8.42 Å². The number of benzene rings is 1. The summed E-state index contributed by atoms with van der Waals surface area (Å²) in [5, 5.41) is -0.364. The summed E-state index contributed by atoms with van der Waals surface area (Å²) in [6.45, 7) is 3.69. The largest absolute Gasteiger partial charge is 0.222 e. The minimum atomic E-state index is -3.28. The first-order valence-corrected chi connectivity index (χ1v) is 6.02. The van der Waals surface area contributed by atoms with Crippen molar-refractivity contribution in [3.05, 3.63) is 29.3 Å². The molecule has 0 amide bonds. The van der Waals surface area contributed by atoms with Crippen LogP contribution in [0, 0.1) is 13.8 Å². The molecule has 0 unspecified atom stereocenters. The van der Waals surface area contributed by atoms with Crippen LogP contribution in [0.15, 0.2) is 23.1 Å². The Morgan fingerprint density at radius 3 is 2.38 bits per heavy atom. The molecule has 72 valence electrons. The normalized spacial score (nSPS) is 11.6. The molecule has 0 aliphatic rings. The summed E-state index contributed by atoms with van der Waals surface area (Å²) in [6.07, 6.45) is 0. The van der Waals surface area contributed by atoms with Crippen molar-refractivity contribution >= 4 is 21.4 Å². The number of halogens is 1. The second-order valence-electron chi connectivity index (χ2n) is 2.99. The average Bonchev–Trinajstić information content (AvgIpc) is 2.03. The summed E-state index contributed by atoms with van der Waals surface area (Å²) in [4.78, 5) is 0.327. The third kappa shape index (κ3) is 2.23. The monoisotopic (exact) mass is 218 g/mol. The molecule has 0 aliphatic heterocycles. The predicted molar refractivity (Wildman–Crippen MR) is 53.8 cm³/mol. The van der Waals surface area contributed by atoms with E-state index in [0.717, 1.165) is 11.1 Å². The van der Waals surface area contributed by atoms with Gasteiger partial charge in [-0.1, -0.05) is 17.7 Å². The number of sulfone groups is 1. The van der Waals surface area contributed by atoms with Gasteiger partial charge in [0.05, 0.1) is 4.90 Å². The van der Waals surface area contributed by atoms with Crippen LogP contribution in [0.3, 0.4) is 0 Å². The highest BCUT2D eigenvalue weighted by Gasteiger charge is 2.14. The third-order valence-electron chi connectivity index (χ3n) is 1.81. The zero-order chi connectivity index (χ0) is 10.1. The fraction of sp³-hybridized carbons (Fsp3) is 0.333. The van der Waals surface area contributed by atoms with Gasteiger partial charge in [0.2, 0.25) is 0 Å². The lowest BCUT2D eigenvalue weighted by Gasteiger charge is -2.05. The highest BCUT2D eigenvalue weighted by molar-refractivity contribution is 7.92. The van der Waals surface area contributed by atoms with Crippen molar-refractivity contribution in [1.82, 2.24) is 0 Å². The van der Waals surface area contributed by atoms with Crippen molar-refractivity contribution in [3.8, 4) is 0 Å². The first-order chi connectivity index (χ1) is 5.97. The maximum Gasteiger partial charge on any atom is 0.192 e. The molecule has 1 aromatic rings. The minimum Gasteiger partial charge on any atom is -0.222 e.